The molecule has 0 aliphatic carbocycles. The fraction of sp³-hybridized carbons (Fsp3) is 0.500. The molecule has 2 N–H and O–H groups in total. The monoisotopic (exact) mass is 480 g/mol. The smallest absolute Gasteiger partial charge is 0.265 e. The Morgan fingerprint density at radius 3 is 2.84 bits per heavy atom. The minimum absolute atomic E-state index is 0.132. The van der Waals surface area contributed by atoms with Gasteiger partial charge in [0.25, 0.3) is 5.91 Å². The van der Waals surface area contributed by atoms with E-state index in [0.717, 1.165) is 6.42 Å². The first kappa shape index (κ1) is 24.4. The van der Waals surface area contributed by atoms with Gasteiger partial charge in [-0.05, 0) is 50.9 Å². The van der Waals surface area contributed by atoms with Crippen LogP contribution in [0.3, 0.4) is 0 Å². The third-order valence-electron chi connectivity index (χ3n) is 5.32. The number of hydrogen-bond donors (Lipinski definition) is 2. The van der Waals surface area contributed by atoms with E-state index in [1.807, 2.05) is 4.90 Å². The average molecular weight is 481 g/mol. The quantitative estimate of drug-likeness (QED) is 0.632. The van der Waals surface area contributed by atoms with E-state index < -0.39 is 5.60 Å². The van der Waals surface area contributed by atoms with Gasteiger partial charge >= 0.3 is 0 Å². The van der Waals surface area contributed by atoms with E-state index in [1.165, 1.54) is 16.2 Å². The van der Waals surface area contributed by atoms with Gasteiger partial charge in [0.15, 0.2) is 5.13 Å². The standard InChI is InChI=1S/C22H29ClN4O4S/c1-15-19(20(29)26(2)3)32-21(24-15)25-18(28)13-27-10-5-8-22(30,9-11-27)14-31-17-7-4-6-16(23)12-17/h4,6-7,12,30H,5,8-11,13-14H2,1-3H3,(H,24,25,28). The molecule has 0 spiro atoms. The topological polar surface area (TPSA) is 95.0 Å². The highest BCUT2D eigenvalue weighted by Gasteiger charge is 2.31. The summed E-state index contributed by atoms with van der Waals surface area (Å²) < 4.78 is 5.76. The van der Waals surface area contributed by atoms with Gasteiger partial charge in [-0.15, -0.1) is 0 Å². The van der Waals surface area contributed by atoms with Crippen LogP contribution in [0.15, 0.2) is 24.3 Å². The molecule has 1 aromatic heterocycles. The number of amides is 2. The van der Waals surface area contributed by atoms with Crippen LogP contribution in [0.2, 0.25) is 5.02 Å². The summed E-state index contributed by atoms with van der Waals surface area (Å²) in [5, 5.41) is 14.8. The number of carbonyl (C=O) groups excluding carboxylic acids is 2. The van der Waals surface area contributed by atoms with E-state index in [-0.39, 0.29) is 25.0 Å². The third kappa shape index (κ3) is 6.65. The zero-order valence-corrected chi connectivity index (χ0v) is 20.1. The molecule has 1 saturated heterocycles. The van der Waals surface area contributed by atoms with Gasteiger partial charge in [-0.2, -0.15) is 0 Å². The minimum atomic E-state index is -0.957. The number of aromatic nitrogens is 1. The predicted molar refractivity (Wildman–Crippen MR) is 126 cm³/mol. The molecule has 1 atom stereocenters. The van der Waals surface area contributed by atoms with Gasteiger partial charge in [0.05, 0.1) is 17.8 Å². The minimum Gasteiger partial charge on any atom is -0.491 e. The number of nitrogens with zero attached hydrogens (tertiary/aromatic N) is 3. The first-order chi connectivity index (χ1) is 15.1. The Hall–Kier alpha value is -2.20. The largest absolute Gasteiger partial charge is 0.491 e. The van der Waals surface area contributed by atoms with Crippen LogP contribution in [0.5, 0.6) is 5.75 Å². The first-order valence-electron chi connectivity index (χ1n) is 10.5. The fourth-order valence-electron chi connectivity index (χ4n) is 3.52. The number of ether oxygens (including phenoxy) is 1. The Balaban J connectivity index is 1.50. The maximum atomic E-state index is 12.5. The lowest BCUT2D eigenvalue weighted by Crippen LogP contribution is -2.38. The van der Waals surface area contributed by atoms with Crippen molar-refractivity contribution in [3.8, 4) is 5.75 Å². The average Bonchev–Trinajstić information content (AvgIpc) is 2.98. The maximum absolute atomic E-state index is 12.5. The summed E-state index contributed by atoms with van der Waals surface area (Å²) in [6.07, 6.45) is 1.84. The zero-order chi connectivity index (χ0) is 23.3. The second-order valence-electron chi connectivity index (χ2n) is 8.28. The van der Waals surface area contributed by atoms with Crippen molar-refractivity contribution in [1.82, 2.24) is 14.8 Å². The molecule has 8 nitrogen and oxygen atoms in total. The summed E-state index contributed by atoms with van der Waals surface area (Å²) in [6.45, 7) is 3.40. The highest BCUT2D eigenvalue weighted by atomic mass is 35.5. The van der Waals surface area contributed by atoms with Gasteiger partial charge < -0.3 is 20.1 Å². The lowest BCUT2D eigenvalue weighted by Gasteiger charge is -2.27. The van der Waals surface area contributed by atoms with E-state index in [2.05, 4.69) is 10.3 Å². The fourth-order valence-corrected chi connectivity index (χ4v) is 4.71. The van der Waals surface area contributed by atoms with Crippen molar-refractivity contribution in [3.63, 3.8) is 0 Å². The predicted octanol–water partition coefficient (Wildman–Crippen LogP) is 3.04. The van der Waals surface area contributed by atoms with Crippen LogP contribution in [-0.4, -0.2) is 77.6 Å². The molecule has 0 saturated carbocycles. The van der Waals surface area contributed by atoms with E-state index in [4.69, 9.17) is 16.3 Å². The number of benzene rings is 1. The number of aliphatic hydroxyl groups is 1. The number of nitrogens with one attached hydrogen (secondary N) is 1. The van der Waals surface area contributed by atoms with E-state index in [1.54, 1.807) is 45.3 Å². The van der Waals surface area contributed by atoms with Crippen LogP contribution in [0.4, 0.5) is 5.13 Å². The number of anilines is 1. The third-order valence-corrected chi connectivity index (χ3v) is 6.62. The molecule has 1 aliphatic rings. The Labute approximate surface area is 197 Å². The van der Waals surface area contributed by atoms with Crippen molar-refractivity contribution >= 4 is 39.9 Å². The Morgan fingerprint density at radius 2 is 2.12 bits per heavy atom. The molecule has 1 aromatic carbocycles. The van der Waals surface area contributed by atoms with E-state index >= 15 is 0 Å². The number of likely N-dealkylation sites (tertiary alicyclic amines) is 1. The van der Waals surface area contributed by atoms with Crippen LogP contribution < -0.4 is 10.1 Å². The van der Waals surface area contributed by atoms with Crippen molar-refractivity contribution in [2.45, 2.75) is 31.8 Å². The Kier molecular flexibility index (Phi) is 8.10. The number of aryl methyl sites for hydroxylation is 1. The number of thiazole rings is 1. The number of rotatable bonds is 7. The molecule has 1 aliphatic heterocycles. The van der Waals surface area contributed by atoms with Crippen LogP contribution in [0.1, 0.15) is 34.6 Å². The van der Waals surface area contributed by atoms with E-state index in [9.17, 15) is 14.7 Å². The molecule has 3 rings (SSSR count). The van der Waals surface area contributed by atoms with E-state index in [0.29, 0.717) is 52.4 Å². The summed E-state index contributed by atoms with van der Waals surface area (Å²) in [5.41, 5.74) is -0.356. The number of carbonyl (C=O) groups is 2. The normalized spacial score (nSPS) is 19.3. The molecule has 10 heteroatoms. The summed E-state index contributed by atoms with van der Waals surface area (Å²) in [6, 6.07) is 7.10. The highest BCUT2D eigenvalue weighted by molar-refractivity contribution is 7.17. The van der Waals surface area contributed by atoms with Gasteiger partial charge in [-0.25, -0.2) is 4.98 Å². The Morgan fingerprint density at radius 1 is 1.34 bits per heavy atom. The second-order valence-corrected chi connectivity index (χ2v) is 9.72. The van der Waals surface area contributed by atoms with Gasteiger partial charge in [0, 0.05) is 25.7 Å². The number of halogens is 1. The van der Waals surface area contributed by atoms with Crippen LogP contribution in [0, 0.1) is 6.92 Å². The molecule has 2 amide bonds. The van der Waals surface area contributed by atoms with Crippen LogP contribution >= 0.6 is 22.9 Å². The van der Waals surface area contributed by atoms with Crippen molar-refractivity contribution in [1.29, 1.82) is 0 Å². The van der Waals surface area contributed by atoms with Crippen molar-refractivity contribution in [3.05, 3.63) is 39.9 Å². The SMILES string of the molecule is Cc1nc(NC(=O)CN2CCCC(O)(COc3cccc(Cl)c3)CC2)sc1C(=O)N(C)C. The molecule has 32 heavy (non-hydrogen) atoms. The molecule has 1 fully saturated rings. The zero-order valence-electron chi connectivity index (χ0n) is 18.6. The maximum Gasteiger partial charge on any atom is 0.265 e. The lowest BCUT2D eigenvalue weighted by molar-refractivity contribution is -0.117. The van der Waals surface area contributed by atoms with Gasteiger partial charge in [0.2, 0.25) is 5.91 Å². The summed E-state index contributed by atoms with van der Waals surface area (Å²) in [4.78, 5) is 33.0. The molecule has 0 radical (unpaired) electrons. The first-order valence-corrected chi connectivity index (χ1v) is 11.7. The van der Waals surface area contributed by atoms with Gasteiger partial charge in [0.1, 0.15) is 17.2 Å². The van der Waals surface area contributed by atoms with Crippen LogP contribution in [0.25, 0.3) is 0 Å². The summed E-state index contributed by atoms with van der Waals surface area (Å²) in [5.74, 6) is 0.299. The molecule has 1 unspecified atom stereocenters. The van der Waals surface area contributed by atoms with Crippen molar-refractivity contribution < 1.29 is 19.4 Å². The number of hydrogen-bond acceptors (Lipinski definition) is 7. The molecule has 174 valence electrons. The molecular formula is C22H29ClN4O4S. The molecule has 2 heterocycles. The Bertz CT molecular complexity index is 967. The molecular weight excluding hydrogens is 452 g/mol. The summed E-state index contributed by atoms with van der Waals surface area (Å²) >= 11 is 7.16. The van der Waals surface area contributed by atoms with Gasteiger partial charge in [-0.3, -0.25) is 14.5 Å². The molecule has 2 aromatic rings. The lowest BCUT2D eigenvalue weighted by atomic mass is 9.96. The van der Waals surface area contributed by atoms with Gasteiger partial charge in [-0.1, -0.05) is 29.0 Å². The van der Waals surface area contributed by atoms with Crippen molar-refractivity contribution in [2.75, 3.05) is 45.7 Å². The molecule has 0 bridgehead atoms. The van der Waals surface area contributed by atoms with Crippen LogP contribution in [-0.2, 0) is 4.79 Å². The van der Waals surface area contributed by atoms with Crippen molar-refractivity contribution in [2.24, 2.45) is 0 Å². The summed E-state index contributed by atoms with van der Waals surface area (Å²) in [7, 11) is 3.36. The second kappa shape index (κ2) is 10.6. The highest BCUT2D eigenvalue weighted by Crippen LogP contribution is 2.26.